The molecule has 43 heavy (non-hydrogen) atoms. The molecule has 0 aromatic carbocycles. The van der Waals surface area contributed by atoms with Crippen LogP contribution in [0.3, 0.4) is 0 Å². The van der Waals surface area contributed by atoms with Crippen molar-refractivity contribution in [3.63, 3.8) is 0 Å². The van der Waals surface area contributed by atoms with Crippen molar-refractivity contribution in [2.24, 2.45) is 0 Å². The van der Waals surface area contributed by atoms with E-state index in [0.29, 0.717) is 0 Å². The highest BCUT2D eigenvalue weighted by atomic mass is 32.5. The van der Waals surface area contributed by atoms with Gasteiger partial charge in [0, 0.05) is 5.56 Å². The first-order valence-corrected chi connectivity index (χ1v) is 16.3. The van der Waals surface area contributed by atoms with Crippen LogP contribution in [-0.4, -0.2) is 132 Å². The van der Waals surface area contributed by atoms with Crippen molar-refractivity contribution in [3.8, 4) is 0 Å². The Balaban J connectivity index is 1.48. The van der Waals surface area contributed by atoms with E-state index in [-0.39, 0.29) is 17.2 Å². The molecule has 2 fully saturated rings. The standard InChI is InChI=1S/C20H31N5O15P2S/c1-3-20(32)14(8-4-24-25-15(8)22-7-23-18(25)21)38-19(2,17(20)31)6-36-42(35,43)40-41(33,34)39-16-12(30)10(28)11(29)13(37-16)9(27)5-26/h3-4,7,9-14,16-17,26-32H,1,5-6H2,2H3,(H,33,34)(H,35,43)(H2,21,22,23)/t9-,10?,11?,12?,13?,14-,16?,17+,19+,20-,42?/m0/s1. The zero-order chi connectivity index (χ0) is 32.1. The molecule has 7 unspecified atom stereocenters. The molecule has 2 aromatic heterocycles. The Morgan fingerprint density at radius 3 is 2.56 bits per heavy atom. The molecule has 2 aromatic rings. The number of aliphatic hydroxyl groups is 7. The Morgan fingerprint density at radius 1 is 1.26 bits per heavy atom. The van der Waals surface area contributed by atoms with E-state index in [9.17, 15) is 45.0 Å². The molecule has 0 aliphatic carbocycles. The van der Waals surface area contributed by atoms with Gasteiger partial charge in [-0.05, 0) is 18.7 Å². The zero-order valence-electron chi connectivity index (χ0n) is 22.1. The van der Waals surface area contributed by atoms with Gasteiger partial charge >= 0.3 is 14.5 Å². The fraction of sp³-hybridized carbons (Fsp3) is 0.650. The van der Waals surface area contributed by atoms with Crippen molar-refractivity contribution in [3.05, 3.63) is 30.7 Å². The minimum absolute atomic E-state index is 0.0336. The Morgan fingerprint density at radius 2 is 1.93 bits per heavy atom. The van der Waals surface area contributed by atoms with Gasteiger partial charge in [0.15, 0.2) is 11.9 Å². The van der Waals surface area contributed by atoms with E-state index >= 15 is 0 Å². The van der Waals surface area contributed by atoms with Crippen molar-refractivity contribution >= 4 is 37.9 Å². The number of aromatic nitrogens is 4. The van der Waals surface area contributed by atoms with Crippen LogP contribution in [0.2, 0.25) is 0 Å². The molecule has 0 saturated carbocycles. The quantitative estimate of drug-likeness (QED) is 0.0810. The van der Waals surface area contributed by atoms with Crippen molar-refractivity contribution in [2.45, 2.75) is 67.1 Å². The Kier molecular flexibility index (Phi) is 9.81. The Hall–Kier alpha value is -1.59. The summed E-state index contributed by atoms with van der Waals surface area (Å²) in [5.74, 6) is -0.0336. The molecular formula is C20H31N5O15P2S. The van der Waals surface area contributed by atoms with Crippen LogP contribution in [0, 0.1) is 0 Å². The summed E-state index contributed by atoms with van der Waals surface area (Å²) in [6, 6.07) is 0. The second kappa shape index (κ2) is 12.3. The summed E-state index contributed by atoms with van der Waals surface area (Å²) < 4.78 is 39.1. The maximum absolute atomic E-state index is 12.6. The van der Waals surface area contributed by atoms with Crippen LogP contribution in [0.4, 0.5) is 5.95 Å². The van der Waals surface area contributed by atoms with Gasteiger partial charge in [-0.15, -0.1) is 6.58 Å². The summed E-state index contributed by atoms with van der Waals surface area (Å²) in [6.07, 6.45) is -11.7. The largest absolute Gasteiger partial charge is 0.481 e. The van der Waals surface area contributed by atoms with E-state index in [1.54, 1.807) is 0 Å². The van der Waals surface area contributed by atoms with Gasteiger partial charge in [-0.1, -0.05) is 6.08 Å². The first-order valence-electron chi connectivity index (χ1n) is 12.2. The van der Waals surface area contributed by atoms with Crippen LogP contribution < -0.4 is 5.73 Å². The van der Waals surface area contributed by atoms with Gasteiger partial charge < -0.3 is 65.3 Å². The van der Waals surface area contributed by atoms with Crippen LogP contribution >= 0.6 is 14.5 Å². The molecule has 4 heterocycles. The fourth-order valence-electron chi connectivity index (χ4n) is 4.64. The van der Waals surface area contributed by atoms with Gasteiger partial charge in [0.25, 0.3) is 0 Å². The van der Waals surface area contributed by atoms with Crippen molar-refractivity contribution in [1.29, 1.82) is 0 Å². The van der Waals surface area contributed by atoms with Gasteiger partial charge in [-0.2, -0.15) is 9.61 Å². The van der Waals surface area contributed by atoms with E-state index < -0.39 is 88.0 Å². The topological polar surface area (TPSA) is 314 Å². The zero-order valence-corrected chi connectivity index (χ0v) is 24.7. The minimum Gasteiger partial charge on any atom is -0.394 e. The van der Waals surface area contributed by atoms with Crippen LogP contribution in [0.1, 0.15) is 18.6 Å². The molecule has 23 heteroatoms. The van der Waals surface area contributed by atoms with E-state index in [4.69, 9.17) is 36.6 Å². The van der Waals surface area contributed by atoms with E-state index in [1.807, 2.05) is 0 Å². The molecule has 11 N–H and O–H groups in total. The number of nitrogens with two attached hydrogens (primary N) is 1. The lowest BCUT2D eigenvalue weighted by Crippen LogP contribution is -2.61. The third-order valence-corrected chi connectivity index (χ3v) is 10.4. The summed E-state index contributed by atoms with van der Waals surface area (Å²) in [6.45, 7) is -1.75. The highest BCUT2D eigenvalue weighted by Gasteiger charge is 2.61. The molecule has 2 saturated heterocycles. The summed E-state index contributed by atoms with van der Waals surface area (Å²) in [5.41, 5.74) is 2.01. The summed E-state index contributed by atoms with van der Waals surface area (Å²) in [5, 5.41) is 75.4. The number of hydrogen-bond donors (Lipinski definition) is 10. The molecule has 0 bridgehead atoms. The van der Waals surface area contributed by atoms with Crippen molar-refractivity contribution in [1.82, 2.24) is 19.6 Å². The highest BCUT2D eigenvalue weighted by Crippen LogP contribution is 2.62. The van der Waals surface area contributed by atoms with Gasteiger partial charge in [0.05, 0.1) is 19.4 Å². The van der Waals surface area contributed by atoms with E-state index in [2.05, 4.69) is 30.5 Å². The maximum Gasteiger partial charge on any atom is 0.481 e. The number of phosphoric ester groups is 1. The monoisotopic (exact) mass is 675 g/mol. The molecule has 12 atom stereocenters. The molecule has 0 amide bonds. The number of fused-ring (bicyclic) bond motifs is 1. The second-order valence-corrected chi connectivity index (χ2v) is 14.3. The number of rotatable bonds is 11. The predicted octanol–water partition coefficient (Wildman–Crippen LogP) is -3.66. The van der Waals surface area contributed by atoms with Crippen LogP contribution in [-0.2, 0) is 39.2 Å². The number of nitrogens with zero attached hydrogens (tertiary/aromatic N) is 4. The third-order valence-electron chi connectivity index (χ3n) is 6.92. The summed E-state index contributed by atoms with van der Waals surface area (Å²) in [7, 11) is -5.50. The average Bonchev–Trinajstić information content (AvgIpc) is 3.46. The van der Waals surface area contributed by atoms with E-state index in [1.165, 1.54) is 13.1 Å². The normalized spacial score (nSPS) is 38.4. The second-order valence-electron chi connectivity index (χ2n) is 9.96. The lowest BCUT2D eigenvalue weighted by molar-refractivity contribution is -0.292. The fourth-order valence-corrected chi connectivity index (χ4v) is 7.79. The number of anilines is 1. The first-order chi connectivity index (χ1) is 19.9. The maximum atomic E-state index is 12.6. The number of phosphoric acid groups is 1. The van der Waals surface area contributed by atoms with Gasteiger partial charge in [-0.3, -0.25) is 4.52 Å². The molecular weight excluding hydrogens is 644 g/mol. The number of ether oxygens (including phenoxy) is 2. The molecule has 242 valence electrons. The minimum atomic E-state index is -5.50. The van der Waals surface area contributed by atoms with Gasteiger partial charge in [-0.25, -0.2) is 18.8 Å². The van der Waals surface area contributed by atoms with Crippen LogP contribution in [0.15, 0.2) is 25.2 Å². The van der Waals surface area contributed by atoms with Crippen molar-refractivity contribution in [2.75, 3.05) is 18.9 Å². The van der Waals surface area contributed by atoms with Crippen LogP contribution in [0.25, 0.3) is 5.65 Å². The molecule has 20 nitrogen and oxygen atoms in total. The Bertz CT molecular complexity index is 1440. The van der Waals surface area contributed by atoms with Crippen LogP contribution in [0.5, 0.6) is 0 Å². The molecule has 0 radical (unpaired) electrons. The lowest BCUT2D eigenvalue weighted by Gasteiger charge is -2.41. The Labute approximate surface area is 247 Å². The summed E-state index contributed by atoms with van der Waals surface area (Å²) >= 11 is 4.79. The first kappa shape index (κ1) is 34.3. The predicted molar refractivity (Wildman–Crippen MR) is 143 cm³/mol. The van der Waals surface area contributed by atoms with Gasteiger partial charge in [0.2, 0.25) is 5.95 Å². The molecule has 0 spiro atoms. The molecule has 2 aliphatic heterocycles. The highest BCUT2D eigenvalue weighted by molar-refractivity contribution is 8.08. The molecule has 2 aliphatic rings. The number of aliphatic hydroxyl groups excluding tert-OH is 6. The number of nitrogen functional groups attached to an aromatic ring is 1. The van der Waals surface area contributed by atoms with Gasteiger partial charge in [0.1, 0.15) is 60.3 Å². The smallest absolute Gasteiger partial charge is 0.394 e. The molecule has 4 rings (SSSR count). The third kappa shape index (κ3) is 6.55. The SMILES string of the molecule is C=C[C@]1(O)[C@H](c2cnn3c(N)ncnc23)O[C@](C)(COP(O)(=S)OP(=O)(O)OC2OC([C@@H](O)CO)C(O)C(O)C2O)[C@H]1O. The van der Waals surface area contributed by atoms with Crippen molar-refractivity contribution < 1.29 is 72.9 Å². The number of hydrogen-bond acceptors (Lipinski definition) is 18. The summed E-state index contributed by atoms with van der Waals surface area (Å²) in [4.78, 5) is 28.6. The average molecular weight is 676 g/mol. The lowest BCUT2D eigenvalue weighted by atomic mass is 9.84. The van der Waals surface area contributed by atoms with E-state index in [0.717, 1.165) is 16.9 Å².